The molecule has 2 rings (SSSR count). The quantitative estimate of drug-likeness (QED) is 0.567. The Balaban J connectivity index is 0.000000500. The summed E-state index contributed by atoms with van der Waals surface area (Å²) in [6.45, 7) is 1.16. The second kappa shape index (κ2) is 3.11. The summed E-state index contributed by atoms with van der Waals surface area (Å²) in [5.74, 6) is 0. The highest BCUT2D eigenvalue weighted by atomic mass is 35.5. The van der Waals surface area contributed by atoms with Crippen LogP contribution in [0.25, 0.3) is 0 Å². The first-order valence-corrected chi connectivity index (χ1v) is 3.59. The van der Waals surface area contributed by atoms with Crippen LogP contribution >= 0.6 is 12.4 Å². The van der Waals surface area contributed by atoms with Gasteiger partial charge in [0.2, 0.25) is 0 Å². The zero-order chi connectivity index (χ0) is 6.10. The Kier molecular flexibility index (Phi) is 2.39. The Bertz CT molecular complexity index is 182. The summed E-state index contributed by atoms with van der Waals surface area (Å²) in [5.41, 5.74) is 3.04. The lowest BCUT2D eigenvalue weighted by Crippen LogP contribution is -2.05. The molecule has 0 aromatic rings. The van der Waals surface area contributed by atoms with Crippen molar-refractivity contribution in [3.63, 3.8) is 0 Å². The summed E-state index contributed by atoms with van der Waals surface area (Å²) in [5, 5.41) is 3.35. The van der Waals surface area contributed by atoms with Gasteiger partial charge in [0.05, 0.1) is 0 Å². The average molecular weight is 158 g/mol. The highest BCUT2D eigenvalue weighted by molar-refractivity contribution is 5.85. The third-order valence-corrected chi connectivity index (χ3v) is 2.02. The number of halogens is 1. The van der Waals surface area contributed by atoms with Crippen LogP contribution in [0.3, 0.4) is 0 Å². The third-order valence-electron chi connectivity index (χ3n) is 2.02. The van der Waals surface area contributed by atoms with Gasteiger partial charge in [0.1, 0.15) is 0 Å². The van der Waals surface area contributed by atoms with E-state index in [-0.39, 0.29) is 12.4 Å². The van der Waals surface area contributed by atoms with Gasteiger partial charge in [-0.1, -0.05) is 6.08 Å². The van der Waals surface area contributed by atoms with Crippen LogP contribution in [0, 0.1) is 0 Å². The number of hydrogen-bond donors (Lipinski definition) is 1. The molecule has 0 aromatic heterocycles. The minimum absolute atomic E-state index is 0. The van der Waals surface area contributed by atoms with Crippen molar-refractivity contribution in [2.24, 2.45) is 0 Å². The number of allylic oxidation sites excluding steroid dienone is 2. The molecule has 1 N–H and O–H groups in total. The van der Waals surface area contributed by atoms with E-state index in [0.29, 0.717) is 0 Å². The zero-order valence-electron chi connectivity index (χ0n) is 5.89. The molecule has 0 fully saturated rings. The molecule has 2 aliphatic rings. The van der Waals surface area contributed by atoms with Crippen LogP contribution in [0.1, 0.15) is 19.3 Å². The molecule has 10 heavy (non-hydrogen) atoms. The lowest BCUT2D eigenvalue weighted by molar-refractivity contribution is 0.872. The summed E-state index contributed by atoms with van der Waals surface area (Å²) in [7, 11) is 0. The topological polar surface area (TPSA) is 12.0 Å². The van der Waals surface area contributed by atoms with Crippen LogP contribution < -0.4 is 5.32 Å². The fourth-order valence-corrected chi connectivity index (χ4v) is 1.50. The molecule has 0 aromatic carbocycles. The maximum atomic E-state index is 3.35. The zero-order valence-corrected chi connectivity index (χ0v) is 6.71. The lowest BCUT2D eigenvalue weighted by atomic mass is 10.0. The molecule has 0 saturated carbocycles. The van der Waals surface area contributed by atoms with Gasteiger partial charge in [-0.25, -0.2) is 0 Å². The SMILES string of the molecule is C1=CC2=C(CC1)CCN2.Cl. The minimum atomic E-state index is 0. The van der Waals surface area contributed by atoms with Gasteiger partial charge in [-0.15, -0.1) is 12.4 Å². The number of nitrogens with one attached hydrogen (secondary N) is 1. The molecular weight excluding hydrogens is 146 g/mol. The van der Waals surface area contributed by atoms with Gasteiger partial charge in [-0.3, -0.25) is 0 Å². The second-order valence-corrected chi connectivity index (χ2v) is 2.64. The van der Waals surface area contributed by atoms with Crippen LogP contribution in [0.2, 0.25) is 0 Å². The normalized spacial score (nSPS) is 21.6. The van der Waals surface area contributed by atoms with E-state index >= 15 is 0 Å². The van der Waals surface area contributed by atoms with Crippen molar-refractivity contribution in [2.45, 2.75) is 19.3 Å². The summed E-state index contributed by atoms with van der Waals surface area (Å²) in [6.07, 6.45) is 8.28. The van der Waals surface area contributed by atoms with Gasteiger partial charge in [0.25, 0.3) is 0 Å². The Hall–Kier alpha value is -0.430. The molecular formula is C8H12ClN. The predicted octanol–water partition coefficient (Wildman–Crippen LogP) is 2.01. The molecule has 2 heteroatoms. The molecule has 0 amide bonds. The second-order valence-electron chi connectivity index (χ2n) is 2.64. The van der Waals surface area contributed by atoms with E-state index in [4.69, 9.17) is 0 Å². The van der Waals surface area contributed by atoms with Crippen LogP contribution in [-0.4, -0.2) is 6.54 Å². The molecule has 0 saturated heterocycles. The van der Waals surface area contributed by atoms with E-state index in [1.807, 2.05) is 0 Å². The van der Waals surface area contributed by atoms with E-state index in [1.54, 1.807) is 5.57 Å². The maximum absolute atomic E-state index is 3.35. The largest absolute Gasteiger partial charge is 0.385 e. The maximum Gasteiger partial charge on any atom is 0.0329 e. The molecule has 0 atom stereocenters. The first-order valence-electron chi connectivity index (χ1n) is 3.59. The Morgan fingerprint density at radius 3 is 3.00 bits per heavy atom. The Morgan fingerprint density at radius 2 is 2.20 bits per heavy atom. The van der Waals surface area contributed by atoms with E-state index < -0.39 is 0 Å². The standard InChI is InChI=1S/C8H11N.ClH/c1-2-4-8-7(3-1)5-6-9-8;/h2,4,9H,1,3,5-6H2;1H. The summed E-state index contributed by atoms with van der Waals surface area (Å²) < 4.78 is 0. The highest BCUT2D eigenvalue weighted by Gasteiger charge is 2.12. The molecule has 0 bridgehead atoms. The van der Waals surface area contributed by atoms with Crippen molar-refractivity contribution in [3.8, 4) is 0 Å². The molecule has 1 aliphatic heterocycles. The molecule has 56 valence electrons. The first-order chi connectivity index (χ1) is 4.47. The van der Waals surface area contributed by atoms with Crippen LogP contribution in [0.4, 0.5) is 0 Å². The van der Waals surface area contributed by atoms with Gasteiger partial charge < -0.3 is 5.32 Å². The Labute approximate surface area is 67.6 Å². The number of hydrogen-bond acceptors (Lipinski definition) is 1. The van der Waals surface area contributed by atoms with Crippen LogP contribution in [0.5, 0.6) is 0 Å². The molecule has 1 nitrogen and oxygen atoms in total. The van der Waals surface area contributed by atoms with Crippen molar-refractivity contribution in [3.05, 3.63) is 23.4 Å². The van der Waals surface area contributed by atoms with Crippen LogP contribution in [-0.2, 0) is 0 Å². The number of rotatable bonds is 0. The smallest absolute Gasteiger partial charge is 0.0329 e. The van der Waals surface area contributed by atoms with Gasteiger partial charge >= 0.3 is 0 Å². The highest BCUT2D eigenvalue weighted by Crippen LogP contribution is 2.23. The molecule has 1 heterocycles. The first kappa shape index (κ1) is 7.67. The molecule has 1 aliphatic carbocycles. The van der Waals surface area contributed by atoms with Crippen molar-refractivity contribution in [1.29, 1.82) is 0 Å². The van der Waals surface area contributed by atoms with E-state index in [2.05, 4.69) is 17.5 Å². The van der Waals surface area contributed by atoms with Crippen molar-refractivity contribution < 1.29 is 0 Å². The average Bonchev–Trinajstić information content (AvgIpc) is 2.33. The van der Waals surface area contributed by atoms with Gasteiger partial charge in [0, 0.05) is 12.2 Å². The summed E-state index contributed by atoms with van der Waals surface area (Å²) in [4.78, 5) is 0. The lowest BCUT2D eigenvalue weighted by Gasteiger charge is -2.05. The Morgan fingerprint density at radius 1 is 1.30 bits per heavy atom. The van der Waals surface area contributed by atoms with Crippen molar-refractivity contribution in [1.82, 2.24) is 5.32 Å². The predicted molar refractivity (Wildman–Crippen MR) is 45.3 cm³/mol. The monoisotopic (exact) mass is 157 g/mol. The molecule has 0 spiro atoms. The summed E-state index contributed by atoms with van der Waals surface area (Å²) >= 11 is 0. The van der Waals surface area contributed by atoms with Crippen LogP contribution in [0.15, 0.2) is 23.4 Å². The molecule has 0 radical (unpaired) electrons. The van der Waals surface area contributed by atoms with E-state index in [9.17, 15) is 0 Å². The van der Waals surface area contributed by atoms with Gasteiger partial charge in [-0.05, 0) is 30.9 Å². The minimum Gasteiger partial charge on any atom is -0.385 e. The van der Waals surface area contributed by atoms with Gasteiger partial charge in [0.15, 0.2) is 0 Å². The fraction of sp³-hybridized carbons (Fsp3) is 0.500. The summed E-state index contributed by atoms with van der Waals surface area (Å²) in [6, 6.07) is 0. The fourth-order valence-electron chi connectivity index (χ4n) is 1.50. The molecule has 0 unspecified atom stereocenters. The van der Waals surface area contributed by atoms with Gasteiger partial charge in [-0.2, -0.15) is 0 Å². The third kappa shape index (κ3) is 1.19. The van der Waals surface area contributed by atoms with E-state index in [1.165, 1.54) is 25.0 Å². The van der Waals surface area contributed by atoms with E-state index in [0.717, 1.165) is 6.54 Å². The van der Waals surface area contributed by atoms with Crippen molar-refractivity contribution in [2.75, 3.05) is 6.54 Å². The van der Waals surface area contributed by atoms with Crippen molar-refractivity contribution >= 4 is 12.4 Å².